The van der Waals surface area contributed by atoms with Crippen LogP contribution in [0, 0.1) is 0 Å². The maximum absolute atomic E-state index is 13.4. The van der Waals surface area contributed by atoms with Gasteiger partial charge in [-0.1, -0.05) is 29.7 Å². The number of methoxy groups -OCH3 is 1. The molecular weight excluding hydrogens is 422 g/mol. The van der Waals surface area contributed by atoms with Crippen LogP contribution in [0.3, 0.4) is 0 Å². The van der Waals surface area contributed by atoms with E-state index >= 15 is 0 Å². The Labute approximate surface area is 172 Å². The lowest BCUT2D eigenvalue weighted by atomic mass is 10.2. The van der Waals surface area contributed by atoms with Gasteiger partial charge in [-0.25, -0.2) is 8.42 Å². The van der Waals surface area contributed by atoms with E-state index in [0.717, 1.165) is 4.88 Å². The van der Waals surface area contributed by atoms with Crippen molar-refractivity contribution in [1.82, 2.24) is 14.4 Å². The van der Waals surface area contributed by atoms with Crippen molar-refractivity contribution in [2.24, 2.45) is 0 Å². The van der Waals surface area contributed by atoms with Crippen LogP contribution in [0.5, 0.6) is 5.75 Å². The van der Waals surface area contributed by atoms with Gasteiger partial charge in [-0.2, -0.15) is 9.29 Å². The molecule has 0 spiro atoms. The number of hydrogen-bond acceptors (Lipinski definition) is 7. The summed E-state index contributed by atoms with van der Waals surface area (Å²) < 4.78 is 38.7. The van der Waals surface area contributed by atoms with Gasteiger partial charge in [-0.3, -0.25) is 0 Å². The molecule has 7 nitrogen and oxygen atoms in total. The van der Waals surface area contributed by atoms with Gasteiger partial charge in [0.2, 0.25) is 21.7 Å². The lowest BCUT2D eigenvalue weighted by molar-refractivity contribution is 0.271. The van der Waals surface area contributed by atoms with Gasteiger partial charge in [0.1, 0.15) is 10.6 Å². The zero-order valence-corrected chi connectivity index (χ0v) is 18.0. The standard InChI is InChI=1S/C18H20ClN3O4S2/c1-4-12(2)22(11-17-20-18(21-26-17)15-6-5-9-27-15)28(23,24)16-10-13(19)7-8-14(16)25-3/h5-10,12H,4,11H2,1-3H3. The fourth-order valence-corrected chi connectivity index (χ4v) is 5.34. The molecular formula is C18H20ClN3O4S2. The zero-order valence-electron chi connectivity index (χ0n) is 15.6. The van der Waals surface area contributed by atoms with Crippen molar-refractivity contribution in [2.75, 3.05) is 7.11 Å². The number of hydrogen-bond donors (Lipinski definition) is 0. The highest BCUT2D eigenvalue weighted by Crippen LogP contribution is 2.32. The molecule has 2 heterocycles. The van der Waals surface area contributed by atoms with Crippen LogP contribution in [0.15, 0.2) is 45.1 Å². The molecule has 1 aromatic carbocycles. The second-order valence-electron chi connectivity index (χ2n) is 6.09. The first-order valence-electron chi connectivity index (χ1n) is 8.58. The number of benzene rings is 1. The summed E-state index contributed by atoms with van der Waals surface area (Å²) in [6, 6.07) is 7.96. The van der Waals surface area contributed by atoms with Gasteiger partial charge in [0.05, 0.1) is 18.5 Å². The summed E-state index contributed by atoms with van der Waals surface area (Å²) in [4.78, 5) is 5.20. The molecule has 10 heteroatoms. The van der Waals surface area contributed by atoms with Gasteiger partial charge in [0.25, 0.3) is 0 Å². The maximum Gasteiger partial charge on any atom is 0.247 e. The molecule has 0 saturated carbocycles. The number of aromatic nitrogens is 2. The maximum atomic E-state index is 13.4. The summed E-state index contributed by atoms with van der Waals surface area (Å²) in [6.45, 7) is 3.68. The molecule has 0 aliphatic rings. The van der Waals surface area contributed by atoms with E-state index in [1.165, 1.54) is 34.9 Å². The first-order valence-corrected chi connectivity index (χ1v) is 11.3. The van der Waals surface area contributed by atoms with Crippen molar-refractivity contribution < 1.29 is 17.7 Å². The topological polar surface area (TPSA) is 85.5 Å². The predicted octanol–water partition coefficient (Wildman–Crippen LogP) is 4.45. The lowest BCUT2D eigenvalue weighted by Crippen LogP contribution is -2.38. The Morgan fingerprint density at radius 2 is 2.14 bits per heavy atom. The van der Waals surface area contributed by atoms with Gasteiger partial charge in [-0.15, -0.1) is 11.3 Å². The molecule has 3 aromatic rings. The average molecular weight is 442 g/mol. The molecule has 3 rings (SSSR count). The monoisotopic (exact) mass is 441 g/mol. The Hall–Kier alpha value is -1.94. The number of ether oxygens (including phenoxy) is 1. The second kappa shape index (κ2) is 8.60. The third-order valence-electron chi connectivity index (χ3n) is 4.30. The Kier molecular flexibility index (Phi) is 6.39. The fraction of sp³-hybridized carbons (Fsp3) is 0.333. The van der Waals surface area contributed by atoms with E-state index in [0.29, 0.717) is 17.3 Å². The summed E-state index contributed by atoms with van der Waals surface area (Å²) in [7, 11) is -2.50. The lowest BCUT2D eigenvalue weighted by Gasteiger charge is -2.27. The third kappa shape index (κ3) is 4.22. The van der Waals surface area contributed by atoms with Crippen LogP contribution in [-0.4, -0.2) is 36.0 Å². The molecule has 28 heavy (non-hydrogen) atoms. The second-order valence-corrected chi connectivity index (χ2v) is 9.33. The van der Waals surface area contributed by atoms with Crippen LogP contribution in [0.25, 0.3) is 10.7 Å². The fourth-order valence-electron chi connectivity index (χ4n) is 2.62. The van der Waals surface area contributed by atoms with Gasteiger partial charge in [0, 0.05) is 11.1 Å². The Morgan fingerprint density at radius 1 is 1.36 bits per heavy atom. The SMILES string of the molecule is CCC(C)N(Cc1nc(-c2cccs2)no1)S(=O)(=O)c1cc(Cl)ccc1OC. The summed E-state index contributed by atoms with van der Waals surface area (Å²) in [5.41, 5.74) is 0. The normalized spacial score (nSPS) is 13.0. The van der Waals surface area contributed by atoms with Crippen molar-refractivity contribution in [2.45, 2.75) is 37.8 Å². The number of thiophene rings is 1. The van der Waals surface area contributed by atoms with Crippen LogP contribution in [0.2, 0.25) is 5.02 Å². The number of rotatable bonds is 8. The van der Waals surface area contributed by atoms with Gasteiger partial charge in [0.15, 0.2) is 0 Å². The van der Waals surface area contributed by atoms with Crippen LogP contribution in [-0.2, 0) is 16.6 Å². The summed E-state index contributed by atoms with van der Waals surface area (Å²) in [5.74, 6) is 0.877. The first-order chi connectivity index (χ1) is 13.4. The predicted molar refractivity (Wildman–Crippen MR) is 108 cm³/mol. The van der Waals surface area contributed by atoms with Gasteiger partial charge >= 0.3 is 0 Å². The molecule has 0 saturated heterocycles. The van der Waals surface area contributed by atoms with Crippen LogP contribution in [0.1, 0.15) is 26.2 Å². The van der Waals surface area contributed by atoms with Crippen LogP contribution in [0.4, 0.5) is 0 Å². The molecule has 0 amide bonds. The Bertz CT molecular complexity index is 1040. The molecule has 2 aromatic heterocycles. The highest BCUT2D eigenvalue weighted by atomic mass is 35.5. The molecule has 0 fully saturated rings. The highest BCUT2D eigenvalue weighted by Gasteiger charge is 2.33. The van der Waals surface area contributed by atoms with Crippen LogP contribution >= 0.6 is 22.9 Å². The number of halogens is 1. The van der Waals surface area contributed by atoms with Crippen molar-refractivity contribution >= 4 is 33.0 Å². The van der Waals surface area contributed by atoms with Crippen molar-refractivity contribution in [3.8, 4) is 16.5 Å². The highest BCUT2D eigenvalue weighted by molar-refractivity contribution is 7.89. The zero-order chi connectivity index (χ0) is 20.3. The van der Waals surface area contributed by atoms with E-state index in [-0.39, 0.29) is 29.1 Å². The van der Waals surface area contributed by atoms with E-state index in [2.05, 4.69) is 10.1 Å². The van der Waals surface area contributed by atoms with E-state index < -0.39 is 10.0 Å². The smallest absolute Gasteiger partial charge is 0.247 e. The van der Waals surface area contributed by atoms with Crippen molar-refractivity contribution in [3.05, 3.63) is 46.6 Å². The van der Waals surface area contributed by atoms with E-state index in [4.69, 9.17) is 20.9 Å². The minimum absolute atomic E-state index is 0.000737. The largest absolute Gasteiger partial charge is 0.495 e. The quantitative estimate of drug-likeness (QED) is 0.513. The molecule has 0 N–H and O–H groups in total. The Morgan fingerprint density at radius 3 is 2.79 bits per heavy atom. The first kappa shape index (κ1) is 20.8. The third-order valence-corrected chi connectivity index (χ3v) is 7.38. The number of sulfonamides is 1. The van der Waals surface area contributed by atoms with E-state index in [1.807, 2.05) is 31.4 Å². The van der Waals surface area contributed by atoms with E-state index in [1.54, 1.807) is 6.07 Å². The average Bonchev–Trinajstić information content (AvgIpc) is 3.37. The summed E-state index contributed by atoms with van der Waals surface area (Å²) in [5, 5.41) is 6.17. The van der Waals surface area contributed by atoms with E-state index in [9.17, 15) is 8.42 Å². The number of nitrogens with zero attached hydrogens (tertiary/aromatic N) is 3. The summed E-state index contributed by atoms with van der Waals surface area (Å²) >= 11 is 7.52. The van der Waals surface area contributed by atoms with Gasteiger partial charge in [-0.05, 0) is 43.0 Å². The molecule has 0 bridgehead atoms. The molecule has 0 aliphatic heterocycles. The van der Waals surface area contributed by atoms with Gasteiger partial charge < -0.3 is 9.26 Å². The minimum atomic E-state index is -3.92. The summed E-state index contributed by atoms with van der Waals surface area (Å²) in [6.07, 6.45) is 0.605. The molecule has 0 radical (unpaired) electrons. The molecule has 1 unspecified atom stereocenters. The van der Waals surface area contributed by atoms with Crippen molar-refractivity contribution in [1.29, 1.82) is 0 Å². The Balaban J connectivity index is 1.98. The molecule has 1 atom stereocenters. The molecule has 0 aliphatic carbocycles. The molecule has 150 valence electrons. The minimum Gasteiger partial charge on any atom is -0.495 e. The van der Waals surface area contributed by atoms with Crippen molar-refractivity contribution in [3.63, 3.8) is 0 Å². The van der Waals surface area contributed by atoms with Crippen LogP contribution < -0.4 is 4.74 Å².